The summed E-state index contributed by atoms with van der Waals surface area (Å²) in [5, 5.41) is 10.4. The van der Waals surface area contributed by atoms with Crippen molar-refractivity contribution in [3.63, 3.8) is 0 Å². The number of H-pyrrole nitrogens is 1. The average Bonchev–Trinajstić information content (AvgIpc) is 3.64. The molecule has 5 aromatic rings. The molecule has 35 heavy (non-hydrogen) atoms. The van der Waals surface area contributed by atoms with Crippen molar-refractivity contribution in [2.45, 2.75) is 37.8 Å². The van der Waals surface area contributed by atoms with Crippen LogP contribution < -0.4 is 5.32 Å². The van der Waals surface area contributed by atoms with E-state index in [1.165, 1.54) is 23.9 Å². The van der Waals surface area contributed by atoms with Crippen LogP contribution in [0.4, 0.5) is 0 Å². The molecule has 0 unspecified atom stereocenters. The molecule has 0 bridgehead atoms. The molecule has 12 heteroatoms. The second-order valence-electron chi connectivity index (χ2n) is 8.36. The maximum absolute atomic E-state index is 12.7. The van der Waals surface area contributed by atoms with Gasteiger partial charge in [0, 0.05) is 18.3 Å². The van der Waals surface area contributed by atoms with Crippen LogP contribution in [-0.2, 0) is 0 Å². The monoisotopic (exact) mass is 505 g/mol. The van der Waals surface area contributed by atoms with Crippen LogP contribution in [0.1, 0.15) is 41.5 Å². The molecule has 0 aliphatic heterocycles. The number of aromatic amines is 1. The summed E-state index contributed by atoms with van der Waals surface area (Å²) in [5.74, 6) is 1.11. The maximum Gasteiger partial charge on any atom is 0.280 e. The molecule has 6 rings (SSSR count). The maximum atomic E-state index is 12.7. The first kappa shape index (κ1) is 21.8. The number of rotatable bonds is 5. The Morgan fingerprint density at radius 3 is 2.86 bits per heavy atom. The zero-order valence-corrected chi connectivity index (χ0v) is 20.0. The van der Waals surface area contributed by atoms with Crippen LogP contribution in [0.5, 0.6) is 0 Å². The lowest BCUT2D eigenvalue weighted by Gasteiger charge is -2.31. The minimum atomic E-state index is -0.191. The van der Waals surface area contributed by atoms with Gasteiger partial charge in [-0.25, -0.2) is 15.0 Å². The van der Waals surface area contributed by atoms with Crippen molar-refractivity contribution in [2.24, 2.45) is 0 Å². The number of halogens is 1. The number of amides is 1. The summed E-state index contributed by atoms with van der Waals surface area (Å²) in [6, 6.07) is 7.88. The Kier molecular flexibility index (Phi) is 5.71. The van der Waals surface area contributed by atoms with Gasteiger partial charge in [-0.1, -0.05) is 29.0 Å². The molecule has 5 heterocycles. The van der Waals surface area contributed by atoms with E-state index in [-0.39, 0.29) is 18.0 Å². The Balaban J connectivity index is 1.38. The lowest BCUT2D eigenvalue weighted by Crippen LogP contribution is -2.39. The molecule has 0 spiro atoms. The Labute approximate surface area is 208 Å². The van der Waals surface area contributed by atoms with Gasteiger partial charge >= 0.3 is 0 Å². The Morgan fingerprint density at radius 1 is 1.14 bits per heavy atom. The third-order valence-electron chi connectivity index (χ3n) is 6.13. The molecule has 1 aliphatic rings. The molecule has 176 valence electrons. The molecule has 2 atom stereocenters. The summed E-state index contributed by atoms with van der Waals surface area (Å²) in [6.45, 7) is 0. The van der Waals surface area contributed by atoms with Crippen molar-refractivity contribution in [2.75, 3.05) is 0 Å². The lowest BCUT2D eigenvalue weighted by atomic mass is 9.90. The second kappa shape index (κ2) is 9.16. The summed E-state index contributed by atoms with van der Waals surface area (Å²) in [4.78, 5) is 35.0. The number of nitrogens with one attached hydrogen (secondary N) is 2. The second-order valence-corrected chi connectivity index (χ2v) is 10.0. The Morgan fingerprint density at radius 2 is 2.09 bits per heavy atom. The predicted octanol–water partition coefficient (Wildman–Crippen LogP) is 4.30. The van der Waals surface area contributed by atoms with Gasteiger partial charge in [-0.3, -0.25) is 19.9 Å². The number of nitrogens with zero attached hydrogens (tertiary/aromatic N) is 7. The van der Waals surface area contributed by atoms with Crippen molar-refractivity contribution in [1.82, 2.24) is 45.0 Å². The molecule has 1 aliphatic carbocycles. The highest BCUT2D eigenvalue weighted by Gasteiger charge is 2.29. The molecule has 2 N–H and O–H groups in total. The predicted molar refractivity (Wildman–Crippen MR) is 132 cm³/mol. The SMILES string of the molecule is O=C(N[C@H]1CCC[C@@H](n2c(-c3ccccn3)nc3cnc(-c4nc[nH]n4)cc32)C1)c1ncc(Cl)s1. The van der Waals surface area contributed by atoms with Gasteiger partial charge < -0.3 is 9.88 Å². The van der Waals surface area contributed by atoms with E-state index in [0.717, 1.165) is 48.2 Å². The van der Waals surface area contributed by atoms with Gasteiger partial charge in [-0.2, -0.15) is 5.10 Å². The first-order chi connectivity index (χ1) is 17.2. The van der Waals surface area contributed by atoms with Gasteiger partial charge in [0.2, 0.25) is 0 Å². The third-order valence-corrected chi connectivity index (χ3v) is 7.25. The topological polar surface area (TPSA) is 127 Å². The van der Waals surface area contributed by atoms with Gasteiger partial charge in [0.15, 0.2) is 16.7 Å². The fourth-order valence-electron chi connectivity index (χ4n) is 4.63. The van der Waals surface area contributed by atoms with Gasteiger partial charge in [-0.15, -0.1) is 0 Å². The van der Waals surface area contributed by atoms with E-state index < -0.39 is 0 Å². The average molecular weight is 506 g/mol. The van der Waals surface area contributed by atoms with Crippen LogP contribution in [0.25, 0.3) is 34.1 Å². The van der Waals surface area contributed by atoms with Crippen LogP contribution in [0.15, 0.2) is 49.2 Å². The van der Waals surface area contributed by atoms with Crippen molar-refractivity contribution >= 4 is 39.9 Å². The minimum Gasteiger partial charge on any atom is -0.347 e. The zero-order valence-electron chi connectivity index (χ0n) is 18.4. The van der Waals surface area contributed by atoms with Gasteiger partial charge in [0.1, 0.15) is 27.6 Å². The fraction of sp³-hybridized carbons (Fsp3) is 0.261. The quantitative estimate of drug-likeness (QED) is 0.364. The molecule has 0 saturated heterocycles. The molecular weight excluding hydrogens is 486 g/mol. The first-order valence-electron chi connectivity index (χ1n) is 11.2. The molecule has 5 aromatic heterocycles. The molecule has 1 saturated carbocycles. The molecule has 0 aromatic carbocycles. The number of fused-ring (bicyclic) bond motifs is 1. The van der Waals surface area contributed by atoms with E-state index in [9.17, 15) is 4.79 Å². The highest BCUT2D eigenvalue weighted by molar-refractivity contribution is 7.17. The fourth-order valence-corrected chi connectivity index (χ4v) is 5.45. The summed E-state index contributed by atoms with van der Waals surface area (Å²) in [7, 11) is 0. The number of hydrogen-bond acceptors (Lipinski definition) is 8. The number of aromatic nitrogens is 8. The van der Waals surface area contributed by atoms with Crippen LogP contribution in [-0.4, -0.2) is 51.6 Å². The standard InChI is InChI=1S/C23H20ClN9OS/c24-19-11-27-23(35-19)22(34)30-13-4-3-5-14(8-13)33-18-9-16(20-28-12-29-32-20)26-10-17(18)31-21(33)15-6-1-2-7-25-15/h1-2,6-7,9-14H,3-5,8H2,(H,30,34)(H,28,29,32)/t13-,14+/m0/s1. The Hall–Kier alpha value is -3.70. The van der Waals surface area contributed by atoms with Crippen molar-refractivity contribution in [1.29, 1.82) is 0 Å². The number of hydrogen-bond donors (Lipinski definition) is 2. The summed E-state index contributed by atoms with van der Waals surface area (Å²) in [6.07, 6.45) is 10.1. The van der Waals surface area contributed by atoms with E-state index in [2.05, 4.69) is 40.0 Å². The first-order valence-corrected chi connectivity index (χ1v) is 12.4. The largest absolute Gasteiger partial charge is 0.347 e. The highest BCUT2D eigenvalue weighted by atomic mass is 35.5. The zero-order chi connectivity index (χ0) is 23.8. The van der Waals surface area contributed by atoms with Crippen LogP contribution in [0, 0.1) is 0 Å². The Bertz CT molecular complexity index is 1480. The van der Waals surface area contributed by atoms with Crippen molar-refractivity contribution in [3.05, 3.63) is 58.5 Å². The third kappa shape index (κ3) is 4.28. The molecule has 1 amide bonds. The number of pyridine rings is 2. The van der Waals surface area contributed by atoms with Crippen molar-refractivity contribution in [3.8, 4) is 23.0 Å². The van der Waals surface area contributed by atoms with E-state index >= 15 is 0 Å². The van der Waals surface area contributed by atoms with Gasteiger partial charge in [0.05, 0.1) is 17.9 Å². The van der Waals surface area contributed by atoms with Gasteiger partial charge in [-0.05, 0) is 43.9 Å². The molecule has 10 nitrogen and oxygen atoms in total. The van der Waals surface area contributed by atoms with E-state index in [1.807, 2.05) is 24.3 Å². The van der Waals surface area contributed by atoms with E-state index in [4.69, 9.17) is 16.6 Å². The van der Waals surface area contributed by atoms with Crippen molar-refractivity contribution < 1.29 is 4.79 Å². The summed E-state index contributed by atoms with van der Waals surface area (Å²) < 4.78 is 2.73. The number of carbonyl (C=O) groups is 1. The summed E-state index contributed by atoms with van der Waals surface area (Å²) in [5.41, 5.74) is 3.15. The van der Waals surface area contributed by atoms with Crippen LogP contribution in [0.3, 0.4) is 0 Å². The van der Waals surface area contributed by atoms with Crippen LogP contribution in [0.2, 0.25) is 4.34 Å². The number of carbonyl (C=O) groups excluding carboxylic acids is 1. The van der Waals surface area contributed by atoms with Crippen LogP contribution >= 0.6 is 22.9 Å². The number of imidazole rings is 1. The number of thiazole rings is 1. The summed E-state index contributed by atoms with van der Waals surface area (Å²) >= 11 is 7.14. The minimum absolute atomic E-state index is 0.00673. The smallest absolute Gasteiger partial charge is 0.280 e. The van der Waals surface area contributed by atoms with E-state index in [0.29, 0.717) is 20.9 Å². The molecular formula is C23H20ClN9OS. The normalized spacial score (nSPS) is 18.1. The molecule has 0 radical (unpaired) electrons. The van der Waals surface area contributed by atoms with Gasteiger partial charge in [0.25, 0.3) is 5.91 Å². The van der Waals surface area contributed by atoms with E-state index in [1.54, 1.807) is 12.4 Å². The molecule has 1 fully saturated rings. The lowest BCUT2D eigenvalue weighted by molar-refractivity contribution is 0.0920. The highest BCUT2D eigenvalue weighted by Crippen LogP contribution is 2.36.